The van der Waals surface area contributed by atoms with Crippen LogP contribution in [-0.2, 0) is 11.3 Å². The van der Waals surface area contributed by atoms with E-state index in [2.05, 4.69) is 27.4 Å². The van der Waals surface area contributed by atoms with E-state index in [4.69, 9.17) is 0 Å². The molecule has 0 spiro atoms. The van der Waals surface area contributed by atoms with Crippen LogP contribution in [0.3, 0.4) is 0 Å². The Balaban J connectivity index is 1.41. The highest BCUT2D eigenvalue weighted by Crippen LogP contribution is 2.24. The molecule has 3 rings (SSSR count). The molecule has 3 amide bonds. The van der Waals surface area contributed by atoms with E-state index >= 15 is 0 Å². The summed E-state index contributed by atoms with van der Waals surface area (Å²) >= 11 is 0. The van der Waals surface area contributed by atoms with Gasteiger partial charge in [-0.05, 0) is 50.8 Å². The predicted octanol–water partition coefficient (Wildman–Crippen LogP) is 2.38. The Kier molecular flexibility index (Phi) is 8.28. The van der Waals surface area contributed by atoms with Crippen molar-refractivity contribution in [2.45, 2.75) is 58.0 Å². The molecule has 2 aliphatic rings. The van der Waals surface area contributed by atoms with Crippen molar-refractivity contribution < 1.29 is 9.59 Å². The lowest BCUT2D eigenvalue weighted by Gasteiger charge is -2.42. The third-order valence-corrected chi connectivity index (χ3v) is 6.07. The van der Waals surface area contributed by atoms with Gasteiger partial charge < -0.3 is 15.5 Å². The fourth-order valence-electron chi connectivity index (χ4n) is 4.29. The van der Waals surface area contributed by atoms with Crippen molar-refractivity contribution in [2.24, 2.45) is 5.92 Å². The number of hydrogen-bond donors (Lipinski definition) is 2. The zero-order valence-corrected chi connectivity index (χ0v) is 17.6. The average Bonchev–Trinajstić information content (AvgIpc) is 2.78. The smallest absolute Gasteiger partial charge is 0.317 e. The van der Waals surface area contributed by atoms with Crippen molar-refractivity contribution >= 4 is 11.9 Å². The molecule has 0 bridgehead atoms. The third-order valence-electron chi connectivity index (χ3n) is 6.07. The molecule has 0 saturated carbocycles. The Morgan fingerprint density at radius 1 is 1.14 bits per heavy atom. The van der Waals surface area contributed by atoms with Crippen molar-refractivity contribution in [1.29, 1.82) is 0 Å². The van der Waals surface area contributed by atoms with Crippen LogP contribution in [0, 0.1) is 5.92 Å². The van der Waals surface area contributed by atoms with Crippen LogP contribution in [0.2, 0.25) is 0 Å². The highest BCUT2D eigenvalue weighted by molar-refractivity contribution is 5.79. The van der Waals surface area contributed by atoms with E-state index in [0.29, 0.717) is 12.6 Å². The van der Waals surface area contributed by atoms with E-state index in [1.807, 2.05) is 23.1 Å². The first-order valence-electron chi connectivity index (χ1n) is 11.1. The molecule has 0 unspecified atom stereocenters. The summed E-state index contributed by atoms with van der Waals surface area (Å²) in [6, 6.07) is 6.29. The van der Waals surface area contributed by atoms with Gasteiger partial charge in [-0.15, -0.1) is 0 Å². The number of urea groups is 1. The number of unbranched alkanes of at least 4 members (excludes halogenated alkanes) is 1. The number of hydrogen-bond acceptors (Lipinski definition) is 4. The lowest BCUT2D eigenvalue weighted by Crippen LogP contribution is -2.52. The van der Waals surface area contributed by atoms with Crippen LogP contribution in [-0.4, -0.2) is 65.5 Å². The maximum absolute atomic E-state index is 12.6. The zero-order chi connectivity index (χ0) is 20.5. The van der Waals surface area contributed by atoms with Gasteiger partial charge in [-0.25, -0.2) is 4.79 Å². The minimum Gasteiger partial charge on any atom is -0.350 e. The zero-order valence-electron chi connectivity index (χ0n) is 17.6. The molecule has 3 heterocycles. The minimum atomic E-state index is 0.0443. The summed E-state index contributed by atoms with van der Waals surface area (Å²) in [4.78, 5) is 33.5. The van der Waals surface area contributed by atoms with Crippen molar-refractivity contribution in [1.82, 2.24) is 25.4 Å². The first-order valence-corrected chi connectivity index (χ1v) is 11.1. The number of rotatable bonds is 7. The molecule has 0 aliphatic carbocycles. The lowest BCUT2D eigenvalue weighted by molar-refractivity contribution is -0.127. The highest BCUT2D eigenvalue weighted by Gasteiger charge is 2.32. The number of aromatic nitrogens is 1. The fraction of sp³-hybridized carbons (Fsp3) is 0.682. The lowest BCUT2D eigenvalue weighted by atomic mass is 9.93. The second kappa shape index (κ2) is 11.1. The molecule has 1 aromatic rings. The standard InChI is InChI=1S/C22H35N5O2/c1-2-3-11-24-22(29)26-14-9-20(10-15-26)27-13-6-7-18(17-27)21(28)25-16-19-8-4-5-12-23-19/h4-5,8,12,18,20H,2-3,6-7,9-11,13-17H2,1H3,(H,24,29)(H,25,28)/t18-/m1/s1. The van der Waals surface area contributed by atoms with Crippen LogP contribution in [0.15, 0.2) is 24.4 Å². The van der Waals surface area contributed by atoms with Gasteiger partial charge in [0.2, 0.25) is 5.91 Å². The molecule has 2 N–H and O–H groups in total. The van der Waals surface area contributed by atoms with Crippen molar-refractivity contribution in [3.8, 4) is 0 Å². The Morgan fingerprint density at radius 3 is 2.69 bits per heavy atom. The number of carbonyl (C=O) groups is 2. The van der Waals surface area contributed by atoms with E-state index < -0.39 is 0 Å². The van der Waals surface area contributed by atoms with Crippen LogP contribution in [0.25, 0.3) is 0 Å². The first kappa shape index (κ1) is 21.6. The van der Waals surface area contributed by atoms with E-state index in [1.54, 1.807) is 6.20 Å². The quantitative estimate of drug-likeness (QED) is 0.688. The Hall–Kier alpha value is -2.15. The molecular weight excluding hydrogens is 366 g/mol. The monoisotopic (exact) mass is 401 g/mol. The summed E-state index contributed by atoms with van der Waals surface area (Å²) in [6.07, 6.45) is 7.85. The van der Waals surface area contributed by atoms with Crippen LogP contribution in [0.1, 0.15) is 51.1 Å². The Morgan fingerprint density at radius 2 is 1.97 bits per heavy atom. The van der Waals surface area contributed by atoms with Gasteiger partial charge in [-0.2, -0.15) is 0 Å². The molecule has 2 aliphatic heterocycles. The summed E-state index contributed by atoms with van der Waals surface area (Å²) < 4.78 is 0. The average molecular weight is 402 g/mol. The van der Waals surface area contributed by atoms with Gasteiger partial charge in [-0.1, -0.05) is 19.4 Å². The van der Waals surface area contributed by atoms with Gasteiger partial charge in [0, 0.05) is 38.4 Å². The summed E-state index contributed by atoms with van der Waals surface area (Å²) in [5.74, 6) is 0.177. The van der Waals surface area contributed by atoms with Gasteiger partial charge in [0.15, 0.2) is 0 Å². The van der Waals surface area contributed by atoms with Crippen LogP contribution < -0.4 is 10.6 Å². The molecule has 0 radical (unpaired) electrons. The van der Waals surface area contributed by atoms with Crippen LogP contribution >= 0.6 is 0 Å². The Bertz CT molecular complexity index is 646. The number of nitrogens with one attached hydrogen (secondary N) is 2. The predicted molar refractivity (Wildman–Crippen MR) is 113 cm³/mol. The maximum atomic E-state index is 12.6. The number of nitrogens with zero attached hydrogens (tertiary/aromatic N) is 3. The molecule has 1 atom stereocenters. The van der Waals surface area contributed by atoms with Crippen molar-refractivity contribution in [3.05, 3.63) is 30.1 Å². The molecule has 7 heteroatoms. The summed E-state index contributed by atoms with van der Waals surface area (Å²) in [5.41, 5.74) is 0.887. The van der Waals surface area contributed by atoms with E-state index in [9.17, 15) is 9.59 Å². The summed E-state index contributed by atoms with van der Waals surface area (Å²) in [5, 5.41) is 6.06. The van der Waals surface area contributed by atoms with E-state index in [-0.39, 0.29) is 17.9 Å². The van der Waals surface area contributed by atoms with Gasteiger partial charge in [0.1, 0.15) is 0 Å². The summed E-state index contributed by atoms with van der Waals surface area (Å²) in [7, 11) is 0. The molecule has 2 saturated heterocycles. The first-order chi connectivity index (χ1) is 14.2. The van der Waals surface area contributed by atoms with Crippen molar-refractivity contribution in [3.63, 3.8) is 0 Å². The van der Waals surface area contributed by atoms with E-state index in [1.165, 1.54) is 0 Å². The Labute approximate surface area is 174 Å². The number of likely N-dealkylation sites (tertiary alicyclic amines) is 2. The molecule has 1 aromatic heterocycles. The largest absolute Gasteiger partial charge is 0.350 e. The normalized spacial score (nSPS) is 21.0. The van der Waals surface area contributed by atoms with Crippen LogP contribution in [0.5, 0.6) is 0 Å². The second-order valence-corrected chi connectivity index (χ2v) is 8.18. The molecule has 0 aromatic carbocycles. The maximum Gasteiger partial charge on any atom is 0.317 e. The molecule has 2 fully saturated rings. The molecule has 29 heavy (non-hydrogen) atoms. The summed E-state index contributed by atoms with van der Waals surface area (Å²) in [6.45, 7) is 6.85. The van der Waals surface area contributed by atoms with Crippen LogP contribution in [0.4, 0.5) is 4.79 Å². The van der Waals surface area contributed by atoms with Gasteiger partial charge in [0.05, 0.1) is 18.2 Å². The fourth-order valence-corrected chi connectivity index (χ4v) is 4.29. The minimum absolute atomic E-state index is 0.0443. The number of piperidine rings is 2. The molecule has 160 valence electrons. The second-order valence-electron chi connectivity index (χ2n) is 8.18. The van der Waals surface area contributed by atoms with Gasteiger partial charge in [0.25, 0.3) is 0 Å². The highest BCUT2D eigenvalue weighted by atomic mass is 16.2. The molecular formula is C22H35N5O2. The molecule has 7 nitrogen and oxygen atoms in total. The van der Waals surface area contributed by atoms with Gasteiger partial charge >= 0.3 is 6.03 Å². The van der Waals surface area contributed by atoms with E-state index in [0.717, 1.165) is 76.9 Å². The number of carbonyl (C=O) groups excluding carboxylic acids is 2. The number of pyridine rings is 1. The topological polar surface area (TPSA) is 77.6 Å². The number of amides is 3. The van der Waals surface area contributed by atoms with Crippen molar-refractivity contribution in [2.75, 3.05) is 32.7 Å². The van der Waals surface area contributed by atoms with Gasteiger partial charge in [-0.3, -0.25) is 14.7 Å². The third kappa shape index (κ3) is 6.42. The SMILES string of the molecule is CCCCNC(=O)N1CCC(N2CCC[C@@H](C(=O)NCc3ccccn3)C2)CC1.